The van der Waals surface area contributed by atoms with E-state index in [1.165, 1.54) is 0 Å². The molecule has 1 aliphatic heterocycles. The molecular formula is C5H12Cl2F2N2. The smallest absolute Gasteiger partial charge is 0.251 e. The van der Waals surface area contributed by atoms with E-state index in [1.54, 1.807) is 4.90 Å². The molecule has 70 valence electrons. The van der Waals surface area contributed by atoms with Crippen molar-refractivity contribution in [3.63, 3.8) is 0 Å². The van der Waals surface area contributed by atoms with E-state index in [2.05, 4.69) is 0 Å². The van der Waals surface area contributed by atoms with Gasteiger partial charge in [-0.15, -0.1) is 24.8 Å². The molecule has 2 N–H and O–H groups in total. The summed E-state index contributed by atoms with van der Waals surface area (Å²) in [5, 5.41) is 0. The summed E-state index contributed by atoms with van der Waals surface area (Å²) in [6, 6.07) is 0.128. The van der Waals surface area contributed by atoms with E-state index in [1.807, 2.05) is 0 Å². The molecule has 0 amide bonds. The van der Waals surface area contributed by atoms with Crippen molar-refractivity contribution in [3.8, 4) is 0 Å². The number of nitrogens with two attached hydrogens (primary N) is 1. The quantitative estimate of drug-likeness (QED) is 0.726. The van der Waals surface area contributed by atoms with Gasteiger partial charge in [0.25, 0.3) is 6.43 Å². The zero-order valence-electron chi connectivity index (χ0n) is 5.87. The zero-order valence-corrected chi connectivity index (χ0v) is 7.51. The van der Waals surface area contributed by atoms with Crippen molar-refractivity contribution in [3.05, 3.63) is 0 Å². The first kappa shape index (κ1) is 13.9. The lowest BCUT2D eigenvalue weighted by Crippen LogP contribution is -2.56. The maximum atomic E-state index is 11.6. The van der Waals surface area contributed by atoms with Gasteiger partial charge in [-0.25, -0.2) is 8.78 Å². The Hall–Kier alpha value is 0.360. The maximum absolute atomic E-state index is 11.6. The fraction of sp³-hybridized carbons (Fsp3) is 1.00. The van der Waals surface area contributed by atoms with E-state index in [-0.39, 0.29) is 37.4 Å². The fourth-order valence-electron chi connectivity index (χ4n) is 0.954. The third kappa shape index (κ3) is 4.74. The van der Waals surface area contributed by atoms with Crippen LogP contribution in [0.15, 0.2) is 0 Å². The molecule has 1 aliphatic rings. The highest BCUT2D eigenvalue weighted by molar-refractivity contribution is 5.85. The molecule has 11 heavy (non-hydrogen) atoms. The average Bonchev–Trinajstić information content (AvgIpc) is 1.60. The predicted octanol–water partition coefficient (Wildman–Crippen LogP) is 0.738. The third-order valence-corrected chi connectivity index (χ3v) is 1.38. The molecule has 0 aliphatic carbocycles. The van der Waals surface area contributed by atoms with Gasteiger partial charge in [-0.2, -0.15) is 0 Å². The molecule has 0 spiro atoms. The number of likely N-dealkylation sites (tertiary alicyclic amines) is 1. The van der Waals surface area contributed by atoms with E-state index in [0.29, 0.717) is 13.1 Å². The minimum absolute atomic E-state index is 0. The summed E-state index contributed by atoms with van der Waals surface area (Å²) >= 11 is 0. The fourth-order valence-corrected chi connectivity index (χ4v) is 0.954. The first-order chi connectivity index (χ1) is 4.18. The Labute approximate surface area is 76.9 Å². The van der Waals surface area contributed by atoms with Gasteiger partial charge in [-0.3, -0.25) is 4.90 Å². The zero-order chi connectivity index (χ0) is 6.85. The van der Waals surface area contributed by atoms with Crippen LogP contribution in [0.1, 0.15) is 0 Å². The van der Waals surface area contributed by atoms with Crippen LogP contribution in [-0.2, 0) is 0 Å². The maximum Gasteiger partial charge on any atom is 0.251 e. The molecule has 0 atom stereocenters. The lowest BCUT2D eigenvalue weighted by molar-refractivity contribution is 0.0483. The second-order valence-corrected chi connectivity index (χ2v) is 2.37. The van der Waals surface area contributed by atoms with Crippen LogP contribution in [0.4, 0.5) is 8.78 Å². The van der Waals surface area contributed by atoms with Crippen LogP contribution < -0.4 is 5.73 Å². The summed E-state index contributed by atoms with van der Waals surface area (Å²) in [7, 11) is 0. The second kappa shape index (κ2) is 5.94. The van der Waals surface area contributed by atoms with Gasteiger partial charge in [0.05, 0.1) is 6.54 Å². The van der Waals surface area contributed by atoms with Gasteiger partial charge in [0.2, 0.25) is 0 Å². The average molecular weight is 209 g/mol. The summed E-state index contributed by atoms with van der Waals surface area (Å²) in [4.78, 5) is 1.65. The summed E-state index contributed by atoms with van der Waals surface area (Å²) in [6.07, 6.45) is -2.21. The van der Waals surface area contributed by atoms with E-state index < -0.39 is 6.43 Å². The monoisotopic (exact) mass is 208 g/mol. The van der Waals surface area contributed by atoms with E-state index in [0.717, 1.165) is 0 Å². The van der Waals surface area contributed by atoms with Crippen LogP contribution in [0.25, 0.3) is 0 Å². The molecule has 6 heteroatoms. The Morgan fingerprint density at radius 3 is 2.09 bits per heavy atom. The second-order valence-electron chi connectivity index (χ2n) is 2.37. The van der Waals surface area contributed by atoms with Crippen LogP contribution >= 0.6 is 24.8 Å². The van der Waals surface area contributed by atoms with E-state index in [9.17, 15) is 8.78 Å². The molecule has 0 aromatic heterocycles. The van der Waals surface area contributed by atoms with Gasteiger partial charge >= 0.3 is 0 Å². The first-order valence-corrected chi connectivity index (χ1v) is 2.94. The molecule has 0 radical (unpaired) electrons. The molecule has 0 aromatic carbocycles. The van der Waals surface area contributed by atoms with Crippen LogP contribution in [0.5, 0.6) is 0 Å². The minimum atomic E-state index is -2.21. The van der Waals surface area contributed by atoms with Gasteiger partial charge in [0.15, 0.2) is 0 Å². The standard InChI is InChI=1S/C5H10F2N2.2ClH/c6-5(7)3-9-1-4(8)2-9;;/h4-5H,1-3,8H2;2*1H. The van der Waals surface area contributed by atoms with Gasteiger partial charge < -0.3 is 5.73 Å². The Kier molecular flexibility index (Phi) is 7.52. The van der Waals surface area contributed by atoms with E-state index in [4.69, 9.17) is 5.73 Å². The molecule has 2 nitrogen and oxygen atoms in total. The van der Waals surface area contributed by atoms with Crippen molar-refractivity contribution in [2.24, 2.45) is 5.73 Å². The Morgan fingerprint density at radius 1 is 1.36 bits per heavy atom. The molecular weight excluding hydrogens is 197 g/mol. The van der Waals surface area contributed by atoms with Crippen molar-refractivity contribution < 1.29 is 8.78 Å². The number of alkyl halides is 2. The Bertz CT molecular complexity index is 98.5. The minimum Gasteiger partial charge on any atom is -0.325 e. The van der Waals surface area contributed by atoms with Crippen molar-refractivity contribution in [2.45, 2.75) is 12.5 Å². The first-order valence-electron chi connectivity index (χ1n) is 2.94. The van der Waals surface area contributed by atoms with Gasteiger partial charge in [-0.05, 0) is 0 Å². The molecule has 1 saturated heterocycles. The van der Waals surface area contributed by atoms with Gasteiger partial charge in [0, 0.05) is 19.1 Å². The summed E-state index contributed by atoms with van der Waals surface area (Å²) in [6.45, 7) is 1.14. The lowest BCUT2D eigenvalue weighted by Gasteiger charge is -2.36. The molecule has 1 heterocycles. The Morgan fingerprint density at radius 2 is 1.82 bits per heavy atom. The normalized spacial score (nSPS) is 18.5. The highest BCUT2D eigenvalue weighted by Gasteiger charge is 2.24. The highest BCUT2D eigenvalue weighted by atomic mass is 35.5. The van der Waals surface area contributed by atoms with Gasteiger partial charge in [0.1, 0.15) is 0 Å². The number of hydrogen-bond acceptors (Lipinski definition) is 2. The summed E-state index contributed by atoms with van der Waals surface area (Å²) < 4.78 is 23.1. The van der Waals surface area contributed by atoms with Crippen molar-refractivity contribution in [1.82, 2.24) is 4.90 Å². The number of rotatable bonds is 2. The molecule has 1 rings (SSSR count). The number of hydrogen-bond donors (Lipinski definition) is 1. The van der Waals surface area contributed by atoms with Crippen LogP contribution in [-0.4, -0.2) is 37.0 Å². The van der Waals surface area contributed by atoms with Crippen molar-refractivity contribution >= 4 is 24.8 Å². The van der Waals surface area contributed by atoms with Crippen molar-refractivity contribution in [1.29, 1.82) is 0 Å². The third-order valence-electron chi connectivity index (χ3n) is 1.38. The summed E-state index contributed by atoms with van der Waals surface area (Å²) in [5.41, 5.74) is 5.36. The molecule has 0 saturated carbocycles. The van der Waals surface area contributed by atoms with Gasteiger partial charge in [-0.1, -0.05) is 0 Å². The number of halogens is 4. The highest BCUT2D eigenvalue weighted by Crippen LogP contribution is 2.07. The topological polar surface area (TPSA) is 29.3 Å². The van der Waals surface area contributed by atoms with Crippen molar-refractivity contribution in [2.75, 3.05) is 19.6 Å². The molecule has 0 aromatic rings. The molecule has 1 fully saturated rings. The SMILES string of the molecule is Cl.Cl.NC1CN(CC(F)F)C1. The van der Waals surface area contributed by atoms with Crippen LogP contribution in [0, 0.1) is 0 Å². The number of nitrogens with zero attached hydrogens (tertiary/aromatic N) is 1. The predicted molar refractivity (Wildman–Crippen MR) is 44.9 cm³/mol. The van der Waals surface area contributed by atoms with Crippen LogP contribution in [0.3, 0.4) is 0 Å². The van der Waals surface area contributed by atoms with E-state index >= 15 is 0 Å². The molecule has 0 unspecified atom stereocenters. The Balaban J connectivity index is 0. The van der Waals surface area contributed by atoms with Crippen LogP contribution in [0.2, 0.25) is 0 Å². The largest absolute Gasteiger partial charge is 0.325 e. The molecule has 0 bridgehead atoms. The lowest BCUT2D eigenvalue weighted by atomic mass is 10.1. The summed E-state index contributed by atoms with van der Waals surface area (Å²) in [5.74, 6) is 0.